The molecule has 2 fully saturated rings. The molecular formula is C23H29N7O. The lowest BCUT2D eigenvalue weighted by atomic mass is 9.95. The van der Waals surface area contributed by atoms with Crippen LogP contribution in [0.2, 0.25) is 0 Å². The number of piperidine rings is 1. The van der Waals surface area contributed by atoms with Crippen molar-refractivity contribution >= 4 is 23.5 Å². The second kappa shape index (κ2) is 9.03. The van der Waals surface area contributed by atoms with Gasteiger partial charge in [-0.2, -0.15) is 14.7 Å². The Morgan fingerprint density at radius 3 is 2.81 bits per heavy atom. The minimum absolute atomic E-state index is 0.483. The van der Waals surface area contributed by atoms with Crippen molar-refractivity contribution in [3.05, 3.63) is 53.2 Å². The topological polar surface area (TPSA) is 79.1 Å². The highest BCUT2D eigenvalue weighted by Crippen LogP contribution is 2.28. The summed E-state index contributed by atoms with van der Waals surface area (Å²) in [5, 5.41) is 12.8. The van der Waals surface area contributed by atoms with Gasteiger partial charge in [-0.25, -0.2) is 4.98 Å². The fourth-order valence-corrected chi connectivity index (χ4v) is 4.29. The summed E-state index contributed by atoms with van der Waals surface area (Å²) < 4.78 is 7.54. The van der Waals surface area contributed by atoms with E-state index in [9.17, 15) is 0 Å². The third kappa shape index (κ3) is 4.55. The van der Waals surface area contributed by atoms with Crippen LogP contribution in [-0.2, 0) is 4.74 Å². The first-order valence-corrected chi connectivity index (χ1v) is 11.1. The Hall–Kier alpha value is -2.97. The van der Waals surface area contributed by atoms with E-state index in [-0.39, 0.29) is 0 Å². The number of rotatable bonds is 5. The predicted octanol–water partition coefficient (Wildman–Crippen LogP) is 2.79. The van der Waals surface area contributed by atoms with Crippen LogP contribution < -0.4 is 15.6 Å². The van der Waals surface area contributed by atoms with Crippen LogP contribution in [0.5, 0.6) is 0 Å². The van der Waals surface area contributed by atoms with Gasteiger partial charge in [-0.1, -0.05) is 29.8 Å². The van der Waals surface area contributed by atoms with Gasteiger partial charge in [-0.3, -0.25) is 5.43 Å². The van der Waals surface area contributed by atoms with E-state index >= 15 is 0 Å². The highest BCUT2D eigenvalue weighted by molar-refractivity contribution is 5.80. The quantitative estimate of drug-likeness (QED) is 0.489. The molecule has 0 atom stereocenters. The Morgan fingerprint density at radius 1 is 1.16 bits per heavy atom. The Labute approximate surface area is 182 Å². The van der Waals surface area contributed by atoms with Crippen LogP contribution in [0.1, 0.15) is 35.6 Å². The molecule has 0 saturated carbocycles. The molecule has 0 bridgehead atoms. The standard InChI is InChI=1S/C23H29N7O/c1-17-3-2-4-18(13-17)16-25-27-21-15-23(29-9-11-31-12-10-29)30-22(26-21)14-20(28-30)19-5-7-24-8-6-19/h2-4,13-16,19,24H,5-12H2,1H3,(H,26,27). The van der Waals surface area contributed by atoms with Crippen LogP contribution in [0, 0.1) is 6.92 Å². The molecule has 31 heavy (non-hydrogen) atoms. The number of hydrogen-bond donors (Lipinski definition) is 2. The Morgan fingerprint density at radius 2 is 2.00 bits per heavy atom. The summed E-state index contributed by atoms with van der Waals surface area (Å²) in [6.07, 6.45) is 4.05. The highest BCUT2D eigenvalue weighted by atomic mass is 16.5. The molecule has 0 spiro atoms. The molecule has 4 heterocycles. The average Bonchev–Trinajstić information content (AvgIpc) is 3.24. The molecule has 5 rings (SSSR count). The van der Waals surface area contributed by atoms with Crippen molar-refractivity contribution < 1.29 is 4.74 Å². The van der Waals surface area contributed by atoms with Crippen molar-refractivity contribution in [2.45, 2.75) is 25.7 Å². The van der Waals surface area contributed by atoms with Crippen LogP contribution in [-0.4, -0.2) is 60.2 Å². The second-order valence-corrected chi connectivity index (χ2v) is 8.25. The molecular weight excluding hydrogens is 390 g/mol. The molecule has 2 aromatic heterocycles. The molecule has 1 aromatic carbocycles. The summed E-state index contributed by atoms with van der Waals surface area (Å²) in [7, 11) is 0. The van der Waals surface area contributed by atoms with Gasteiger partial charge in [0, 0.05) is 31.1 Å². The van der Waals surface area contributed by atoms with Crippen molar-refractivity contribution in [2.24, 2.45) is 5.10 Å². The van der Waals surface area contributed by atoms with Crippen molar-refractivity contribution in [3.8, 4) is 0 Å². The van der Waals surface area contributed by atoms with Gasteiger partial charge in [0.15, 0.2) is 11.5 Å². The number of hydrazone groups is 1. The van der Waals surface area contributed by atoms with Gasteiger partial charge in [0.2, 0.25) is 0 Å². The van der Waals surface area contributed by atoms with E-state index in [1.165, 1.54) is 5.56 Å². The number of aryl methyl sites for hydroxylation is 1. The van der Waals surface area contributed by atoms with Gasteiger partial charge in [-0.15, -0.1) is 0 Å². The number of fused-ring (bicyclic) bond motifs is 1. The Kier molecular flexibility index (Phi) is 5.82. The number of anilines is 2. The molecule has 162 valence electrons. The summed E-state index contributed by atoms with van der Waals surface area (Å²) in [4.78, 5) is 7.11. The van der Waals surface area contributed by atoms with Gasteiger partial charge in [-0.05, 0) is 38.4 Å². The van der Waals surface area contributed by atoms with Crippen LogP contribution in [0.25, 0.3) is 5.65 Å². The molecule has 2 saturated heterocycles. The van der Waals surface area contributed by atoms with Crippen molar-refractivity contribution in [2.75, 3.05) is 49.7 Å². The molecule has 8 heteroatoms. The van der Waals surface area contributed by atoms with Crippen LogP contribution in [0.15, 0.2) is 41.5 Å². The minimum atomic E-state index is 0.483. The van der Waals surface area contributed by atoms with E-state index in [2.05, 4.69) is 45.9 Å². The molecule has 0 unspecified atom stereocenters. The first-order valence-electron chi connectivity index (χ1n) is 11.1. The lowest BCUT2D eigenvalue weighted by molar-refractivity contribution is 0.122. The molecule has 0 aliphatic carbocycles. The number of nitrogens with one attached hydrogen (secondary N) is 2. The lowest BCUT2D eigenvalue weighted by Gasteiger charge is -2.29. The monoisotopic (exact) mass is 419 g/mol. The minimum Gasteiger partial charge on any atom is -0.378 e. The average molecular weight is 420 g/mol. The van der Waals surface area contributed by atoms with Crippen molar-refractivity contribution in [1.29, 1.82) is 0 Å². The highest BCUT2D eigenvalue weighted by Gasteiger charge is 2.22. The third-order valence-electron chi connectivity index (χ3n) is 5.95. The first-order chi connectivity index (χ1) is 15.3. The molecule has 8 nitrogen and oxygen atoms in total. The second-order valence-electron chi connectivity index (χ2n) is 8.25. The zero-order chi connectivity index (χ0) is 21.0. The number of aromatic nitrogens is 3. The van der Waals surface area contributed by atoms with Gasteiger partial charge in [0.1, 0.15) is 5.82 Å². The van der Waals surface area contributed by atoms with Gasteiger partial charge in [0.05, 0.1) is 25.1 Å². The summed E-state index contributed by atoms with van der Waals surface area (Å²) >= 11 is 0. The van der Waals surface area contributed by atoms with Crippen molar-refractivity contribution in [3.63, 3.8) is 0 Å². The zero-order valence-corrected chi connectivity index (χ0v) is 17.9. The maximum Gasteiger partial charge on any atom is 0.160 e. The smallest absolute Gasteiger partial charge is 0.160 e. The van der Waals surface area contributed by atoms with E-state index in [4.69, 9.17) is 14.8 Å². The summed E-state index contributed by atoms with van der Waals surface area (Å²) in [5.74, 6) is 2.23. The fraction of sp³-hybridized carbons (Fsp3) is 0.435. The number of ether oxygens (including phenoxy) is 1. The first kappa shape index (κ1) is 20.0. The summed E-state index contributed by atoms with van der Waals surface area (Å²) in [5.41, 5.74) is 7.37. The normalized spacial score (nSPS) is 18.2. The van der Waals surface area contributed by atoms with Gasteiger partial charge >= 0.3 is 0 Å². The molecule has 2 aliphatic heterocycles. The maximum absolute atomic E-state index is 5.55. The Bertz CT molecular complexity index is 1060. The van der Waals surface area contributed by atoms with Crippen LogP contribution in [0.3, 0.4) is 0 Å². The van der Waals surface area contributed by atoms with E-state index in [0.29, 0.717) is 5.92 Å². The summed E-state index contributed by atoms with van der Waals surface area (Å²) in [6.45, 7) is 7.29. The van der Waals surface area contributed by atoms with Gasteiger partial charge < -0.3 is 15.0 Å². The fourth-order valence-electron chi connectivity index (χ4n) is 4.29. The molecule has 2 aliphatic rings. The summed E-state index contributed by atoms with van der Waals surface area (Å²) in [6, 6.07) is 12.4. The Balaban J connectivity index is 1.46. The zero-order valence-electron chi connectivity index (χ0n) is 17.9. The van der Waals surface area contributed by atoms with Crippen LogP contribution >= 0.6 is 0 Å². The largest absolute Gasteiger partial charge is 0.378 e. The van der Waals surface area contributed by atoms with Gasteiger partial charge in [0.25, 0.3) is 0 Å². The molecule has 0 radical (unpaired) electrons. The van der Waals surface area contributed by atoms with Crippen LogP contribution in [0.4, 0.5) is 11.6 Å². The van der Waals surface area contributed by atoms with Crippen molar-refractivity contribution in [1.82, 2.24) is 19.9 Å². The molecule has 2 N–H and O–H groups in total. The predicted molar refractivity (Wildman–Crippen MR) is 123 cm³/mol. The number of hydrogen-bond acceptors (Lipinski definition) is 7. The number of benzene rings is 1. The van der Waals surface area contributed by atoms with E-state index in [1.807, 2.05) is 28.9 Å². The SMILES string of the molecule is Cc1cccc(C=NNc2cc(N3CCOCC3)n3nc(C4CCNCC4)cc3n2)c1. The molecule has 3 aromatic rings. The number of morpholine rings is 1. The third-order valence-corrected chi connectivity index (χ3v) is 5.95. The number of nitrogens with zero attached hydrogens (tertiary/aromatic N) is 5. The van der Waals surface area contributed by atoms with E-state index in [1.54, 1.807) is 0 Å². The maximum atomic E-state index is 5.55. The molecule has 0 amide bonds. The van der Waals surface area contributed by atoms with E-state index < -0.39 is 0 Å². The van der Waals surface area contributed by atoms with E-state index in [0.717, 1.165) is 80.8 Å². The lowest BCUT2D eigenvalue weighted by Crippen LogP contribution is -2.37.